The van der Waals surface area contributed by atoms with Gasteiger partial charge in [0.2, 0.25) is 6.04 Å². The molecule has 1 aromatic carbocycles. The summed E-state index contributed by atoms with van der Waals surface area (Å²) in [5, 5.41) is 20.5. The van der Waals surface area contributed by atoms with E-state index in [4.69, 9.17) is 4.74 Å². The molecule has 4 N–H and O–H groups in total. The van der Waals surface area contributed by atoms with Crippen molar-refractivity contribution in [1.82, 2.24) is 0 Å². The summed E-state index contributed by atoms with van der Waals surface area (Å²) in [7, 11) is 0. The summed E-state index contributed by atoms with van der Waals surface area (Å²) >= 11 is 0. The Morgan fingerprint density at radius 3 is 2.83 bits per heavy atom. The molecule has 18 heavy (non-hydrogen) atoms. The first-order valence-corrected chi connectivity index (χ1v) is 5.39. The number of rotatable bonds is 5. The standard InChI is InChI=1S/C11H14N2O5/c1-2-18-11(15)9(12)10(14)7-4-3-5-8(6-7)13(16)17/h3-6,9-10,14H,2,12H2,1H3/p+1/t9-,10+/m0/s1. The minimum absolute atomic E-state index is 0.150. The molecule has 7 nitrogen and oxygen atoms in total. The van der Waals surface area contributed by atoms with Crippen LogP contribution in [0.2, 0.25) is 0 Å². The fraction of sp³-hybridized carbons (Fsp3) is 0.364. The number of benzene rings is 1. The monoisotopic (exact) mass is 255 g/mol. The summed E-state index contributed by atoms with van der Waals surface area (Å²) in [5.74, 6) is -0.642. The summed E-state index contributed by atoms with van der Waals surface area (Å²) < 4.78 is 4.73. The second-order valence-electron chi connectivity index (χ2n) is 3.66. The average Bonchev–Trinajstić information content (AvgIpc) is 2.37. The summed E-state index contributed by atoms with van der Waals surface area (Å²) in [6.07, 6.45) is -1.23. The van der Waals surface area contributed by atoms with Gasteiger partial charge >= 0.3 is 5.97 Å². The van der Waals surface area contributed by atoms with E-state index in [-0.39, 0.29) is 17.9 Å². The van der Waals surface area contributed by atoms with Gasteiger partial charge in [-0.3, -0.25) is 10.1 Å². The van der Waals surface area contributed by atoms with Crippen LogP contribution in [0.4, 0.5) is 5.69 Å². The maximum atomic E-state index is 11.4. The molecule has 0 aliphatic heterocycles. The van der Waals surface area contributed by atoms with Gasteiger partial charge in [-0.25, -0.2) is 4.79 Å². The molecule has 0 saturated carbocycles. The third-order valence-corrected chi connectivity index (χ3v) is 2.39. The SMILES string of the molecule is CCOC(=O)[C@@H]([NH3+])[C@H](O)c1cccc([N+](=O)[O-])c1. The van der Waals surface area contributed by atoms with Gasteiger partial charge in [0.05, 0.1) is 11.5 Å². The van der Waals surface area contributed by atoms with Gasteiger partial charge in [0.15, 0.2) is 0 Å². The summed E-state index contributed by atoms with van der Waals surface area (Å²) in [6, 6.07) is 4.43. The van der Waals surface area contributed by atoms with Crippen molar-refractivity contribution in [3.63, 3.8) is 0 Å². The van der Waals surface area contributed by atoms with Crippen molar-refractivity contribution in [1.29, 1.82) is 0 Å². The summed E-state index contributed by atoms with van der Waals surface area (Å²) in [5.41, 5.74) is 3.62. The fourth-order valence-electron chi connectivity index (χ4n) is 1.43. The highest BCUT2D eigenvalue weighted by Crippen LogP contribution is 2.20. The number of nitrogens with zero attached hydrogens (tertiary/aromatic N) is 1. The number of aliphatic hydroxyl groups is 1. The van der Waals surface area contributed by atoms with Crippen molar-refractivity contribution in [2.24, 2.45) is 0 Å². The fourth-order valence-corrected chi connectivity index (χ4v) is 1.43. The number of carbonyl (C=O) groups is 1. The summed E-state index contributed by atoms with van der Waals surface area (Å²) in [4.78, 5) is 21.4. The van der Waals surface area contributed by atoms with Crippen LogP contribution in [-0.4, -0.2) is 28.6 Å². The van der Waals surface area contributed by atoms with Gasteiger partial charge in [0.25, 0.3) is 5.69 Å². The van der Waals surface area contributed by atoms with Crippen LogP contribution in [0.3, 0.4) is 0 Å². The zero-order valence-electron chi connectivity index (χ0n) is 9.91. The van der Waals surface area contributed by atoms with Crippen molar-refractivity contribution in [2.45, 2.75) is 19.1 Å². The van der Waals surface area contributed by atoms with Gasteiger partial charge in [-0.15, -0.1) is 0 Å². The molecule has 0 spiro atoms. The van der Waals surface area contributed by atoms with Crippen LogP contribution in [0.25, 0.3) is 0 Å². The Morgan fingerprint density at radius 2 is 2.28 bits per heavy atom. The second kappa shape index (κ2) is 6.08. The van der Waals surface area contributed by atoms with E-state index in [1.54, 1.807) is 6.92 Å². The number of hydrogen-bond donors (Lipinski definition) is 2. The molecule has 0 heterocycles. The van der Waals surface area contributed by atoms with Gasteiger partial charge in [0, 0.05) is 12.1 Å². The Kier molecular flexibility index (Phi) is 4.75. The topological polar surface area (TPSA) is 117 Å². The molecule has 0 unspecified atom stereocenters. The highest BCUT2D eigenvalue weighted by molar-refractivity contribution is 5.75. The minimum Gasteiger partial charge on any atom is -0.462 e. The number of aliphatic hydroxyl groups excluding tert-OH is 1. The van der Waals surface area contributed by atoms with Crippen molar-refractivity contribution >= 4 is 11.7 Å². The maximum Gasteiger partial charge on any atom is 0.367 e. The van der Waals surface area contributed by atoms with Crippen LogP contribution in [0.1, 0.15) is 18.6 Å². The lowest BCUT2D eigenvalue weighted by molar-refractivity contribution is -0.426. The number of nitro groups is 1. The zero-order chi connectivity index (χ0) is 13.7. The lowest BCUT2D eigenvalue weighted by atomic mass is 10.0. The molecular formula is C11H15N2O5+. The molecule has 0 aliphatic carbocycles. The molecule has 0 bridgehead atoms. The largest absolute Gasteiger partial charge is 0.462 e. The van der Waals surface area contributed by atoms with Crippen molar-refractivity contribution in [3.05, 3.63) is 39.9 Å². The molecule has 0 fully saturated rings. The molecular weight excluding hydrogens is 240 g/mol. The quantitative estimate of drug-likeness (QED) is 0.429. The van der Waals surface area contributed by atoms with Crippen LogP contribution in [0, 0.1) is 10.1 Å². The van der Waals surface area contributed by atoms with E-state index in [0.29, 0.717) is 0 Å². The van der Waals surface area contributed by atoms with Crippen LogP contribution in [-0.2, 0) is 9.53 Å². The smallest absolute Gasteiger partial charge is 0.367 e. The van der Waals surface area contributed by atoms with E-state index in [1.807, 2.05) is 0 Å². The highest BCUT2D eigenvalue weighted by atomic mass is 16.6. The lowest BCUT2D eigenvalue weighted by Gasteiger charge is -2.14. The molecule has 7 heteroatoms. The molecule has 98 valence electrons. The Bertz CT molecular complexity index is 449. The van der Waals surface area contributed by atoms with Crippen LogP contribution in [0.15, 0.2) is 24.3 Å². The van der Waals surface area contributed by atoms with Gasteiger partial charge in [-0.05, 0) is 12.5 Å². The van der Waals surface area contributed by atoms with Crippen molar-refractivity contribution in [2.75, 3.05) is 6.61 Å². The number of ether oxygens (including phenoxy) is 1. The zero-order valence-corrected chi connectivity index (χ0v) is 9.91. The van der Waals surface area contributed by atoms with Gasteiger partial charge < -0.3 is 15.6 Å². The number of quaternary nitrogens is 1. The molecule has 1 rings (SSSR count). The molecule has 0 aliphatic rings. The molecule has 0 saturated heterocycles. The second-order valence-corrected chi connectivity index (χ2v) is 3.66. The van der Waals surface area contributed by atoms with E-state index >= 15 is 0 Å². The van der Waals surface area contributed by atoms with Crippen molar-refractivity contribution < 1.29 is 25.3 Å². The number of hydrogen-bond acceptors (Lipinski definition) is 5. The first-order valence-electron chi connectivity index (χ1n) is 5.39. The average molecular weight is 255 g/mol. The number of esters is 1. The van der Waals surface area contributed by atoms with E-state index in [0.717, 1.165) is 0 Å². The predicted octanol–water partition coefficient (Wildman–Crippen LogP) is -0.198. The van der Waals surface area contributed by atoms with Gasteiger partial charge in [-0.2, -0.15) is 0 Å². The van der Waals surface area contributed by atoms with Crippen molar-refractivity contribution in [3.8, 4) is 0 Å². The number of carbonyl (C=O) groups excluding carboxylic acids is 1. The van der Waals surface area contributed by atoms with E-state index < -0.39 is 23.0 Å². The first-order chi connectivity index (χ1) is 8.47. The Hall–Kier alpha value is -1.99. The third-order valence-electron chi connectivity index (χ3n) is 2.39. The van der Waals surface area contributed by atoms with Gasteiger partial charge in [0.1, 0.15) is 6.10 Å². The molecule has 0 aromatic heterocycles. The van der Waals surface area contributed by atoms with E-state index in [1.165, 1.54) is 24.3 Å². The highest BCUT2D eigenvalue weighted by Gasteiger charge is 2.29. The molecule has 2 atom stereocenters. The maximum absolute atomic E-state index is 11.4. The Morgan fingerprint density at radius 1 is 1.61 bits per heavy atom. The minimum atomic E-state index is -1.23. The Balaban J connectivity index is 2.89. The third kappa shape index (κ3) is 3.25. The molecule has 0 radical (unpaired) electrons. The number of nitro benzene ring substituents is 1. The molecule has 0 amide bonds. The molecule has 1 aromatic rings. The van der Waals surface area contributed by atoms with E-state index in [2.05, 4.69) is 5.73 Å². The van der Waals surface area contributed by atoms with Crippen LogP contribution in [0.5, 0.6) is 0 Å². The van der Waals surface area contributed by atoms with Gasteiger partial charge in [-0.1, -0.05) is 12.1 Å². The van der Waals surface area contributed by atoms with Crippen LogP contribution >= 0.6 is 0 Å². The number of non-ortho nitro benzene ring substituents is 1. The van der Waals surface area contributed by atoms with Crippen LogP contribution < -0.4 is 5.73 Å². The Labute approximate surface area is 103 Å². The first kappa shape index (κ1) is 14.1. The summed E-state index contributed by atoms with van der Waals surface area (Å²) in [6.45, 7) is 1.83. The van der Waals surface area contributed by atoms with E-state index in [9.17, 15) is 20.0 Å². The lowest BCUT2D eigenvalue weighted by Crippen LogP contribution is -2.68. The predicted molar refractivity (Wildman–Crippen MR) is 61.4 cm³/mol. The normalized spacial score (nSPS) is 13.7.